The number of carboxylic acids is 1. The van der Waals surface area contributed by atoms with Crippen LogP contribution in [0, 0.1) is 0 Å². The number of aliphatic carboxylic acids is 1. The minimum absolute atomic E-state index is 0.134. The van der Waals surface area contributed by atoms with Gasteiger partial charge in [0.25, 0.3) is 0 Å². The molecule has 0 aromatic heterocycles. The lowest BCUT2D eigenvalue weighted by Crippen LogP contribution is -2.40. The zero-order valence-electron chi connectivity index (χ0n) is 12.5. The Morgan fingerprint density at radius 3 is 2.52 bits per heavy atom. The lowest BCUT2D eigenvalue weighted by atomic mass is 9.97. The maximum absolute atomic E-state index is 12.6. The molecule has 1 fully saturated rings. The molecule has 1 heterocycles. The van der Waals surface area contributed by atoms with Crippen molar-refractivity contribution in [2.24, 2.45) is 0 Å². The number of carbonyl (C=O) groups excluding carboxylic acids is 1. The first-order chi connectivity index (χ1) is 11.2. The molecule has 2 aromatic rings. The zero-order valence-corrected chi connectivity index (χ0v) is 13.3. The van der Waals surface area contributed by atoms with Gasteiger partial charge in [0.2, 0.25) is 5.91 Å². The average molecular weight is 327 g/mol. The molecule has 118 valence electrons. The SMILES string of the molecule is O=C(O)C1SCCN1C(=O)Cc1ccccc1-c1ccccc1. The third kappa shape index (κ3) is 3.40. The lowest BCUT2D eigenvalue weighted by Gasteiger charge is -2.21. The van der Waals surface area contributed by atoms with Gasteiger partial charge in [0.1, 0.15) is 0 Å². The smallest absolute Gasteiger partial charge is 0.337 e. The van der Waals surface area contributed by atoms with Gasteiger partial charge < -0.3 is 10.0 Å². The van der Waals surface area contributed by atoms with E-state index in [-0.39, 0.29) is 12.3 Å². The summed E-state index contributed by atoms with van der Waals surface area (Å²) >= 11 is 1.30. The van der Waals surface area contributed by atoms with Crippen LogP contribution in [-0.4, -0.2) is 39.6 Å². The summed E-state index contributed by atoms with van der Waals surface area (Å²) in [4.78, 5) is 25.3. The van der Waals surface area contributed by atoms with E-state index >= 15 is 0 Å². The Morgan fingerprint density at radius 1 is 1.09 bits per heavy atom. The van der Waals surface area contributed by atoms with E-state index in [1.54, 1.807) is 0 Å². The fraction of sp³-hybridized carbons (Fsp3) is 0.222. The highest BCUT2D eigenvalue weighted by atomic mass is 32.2. The number of carbonyl (C=O) groups is 2. The molecule has 1 unspecified atom stereocenters. The number of rotatable bonds is 4. The molecule has 3 rings (SSSR count). The van der Waals surface area contributed by atoms with Gasteiger partial charge in [0.05, 0.1) is 6.42 Å². The summed E-state index contributed by atoms with van der Waals surface area (Å²) in [6.45, 7) is 0.494. The van der Waals surface area contributed by atoms with Crippen LogP contribution in [0.1, 0.15) is 5.56 Å². The van der Waals surface area contributed by atoms with Crippen LogP contribution in [0.5, 0.6) is 0 Å². The van der Waals surface area contributed by atoms with Crippen molar-refractivity contribution in [2.75, 3.05) is 12.3 Å². The van der Waals surface area contributed by atoms with E-state index in [0.717, 1.165) is 16.7 Å². The molecule has 0 spiro atoms. The predicted molar refractivity (Wildman–Crippen MR) is 91.2 cm³/mol. The van der Waals surface area contributed by atoms with E-state index in [9.17, 15) is 14.7 Å². The van der Waals surface area contributed by atoms with E-state index in [0.29, 0.717) is 12.3 Å². The normalized spacial score (nSPS) is 17.2. The minimum Gasteiger partial charge on any atom is -0.479 e. The van der Waals surface area contributed by atoms with Crippen molar-refractivity contribution in [2.45, 2.75) is 11.8 Å². The van der Waals surface area contributed by atoms with Crippen LogP contribution < -0.4 is 0 Å². The number of carboxylic acid groups (broad SMARTS) is 1. The molecule has 1 aliphatic heterocycles. The van der Waals surface area contributed by atoms with E-state index in [1.807, 2.05) is 54.6 Å². The van der Waals surface area contributed by atoms with Crippen molar-refractivity contribution in [3.05, 3.63) is 60.2 Å². The average Bonchev–Trinajstić information content (AvgIpc) is 3.06. The second-order valence-corrected chi connectivity index (χ2v) is 6.54. The second-order valence-electron chi connectivity index (χ2n) is 5.35. The monoisotopic (exact) mass is 327 g/mol. The molecule has 1 amide bonds. The van der Waals surface area contributed by atoms with Gasteiger partial charge >= 0.3 is 5.97 Å². The Kier molecular flexibility index (Phi) is 4.67. The van der Waals surface area contributed by atoms with Crippen molar-refractivity contribution in [3.8, 4) is 11.1 Å². The van der Waals surface area contributed by atoms with Crippen LogP contribution in [0.2, 0.25) is 0 Å². The molecule has 0 bridgehead atoms. The van der Waals surface area contributed by atoms with Crippen molar-refractivity contribution in [1.82, 2.24) is 4.90 Å². The molecule has 1 N–H and O–H groups in total. The van der Waals surface area contributed by atoms with E-state index < -0.39 is 11.3 Å². The van der Waals surface area contributed by atoms with Crippen molar-refractivity contribution in [1.29, 1.82) is 0 Å². The van der Waals surface area contributed by atoms with Crippen LogP contribution in [0.25, 0.3) is 11.1 Å². The molecule has 4 nitrogen and oxygen atoms in total. The van der Waals surface area contributed by atoms with Crippen molar-refractivity contribution >= 4 is 23.6 Å². The van der Waals surface area contributed by atoms with Gasteiger partial charge in [0.15, 0.2) is 5.37 Å². The molecular weight excluding hydrogens is 310 g/mol. The first kappa shape index (κ1) is 15.6. The third-order valence-electron chi connectivity index (χ3n) is 3.87. The number of hydrogen-bond donors (Lipinski definition) is 1. The molecule has 1 atom stereocenters. The predicted octanol–water partition coefficient (Wildman–Crippen LogP) is 2.88. The molecule has 0 aliphatic carbocycles. The Balaban J connectivity index is 1.84. The molecule has 5 heteroatoms. The van der Waals surface area contributed by atoms with Crippen LogP contribution in [-0.2, 0) is 16.0 Å². The standard InChI is InChI=1S/C18H17NO3S/c20-16(19-10-11-23-17(19)18(21)22)12-14-8-4-5-9-15(14)13-6-2-1-3-7-13/h1-9,17H,10-12H2,(H,21,22). The molecular formula is C18H17NO3S. The van der Waals surface area contributed by atoms with Gasteiger partial charge in [-0.15, -0.1) is 11.8 Å². The van der Waals surface area contributed by atoms with Crippen LogP contribution in [0.15, 0.2) is 54.6 Å². The lowest BCUT2D eigenvalue weighted by molar-refractivity contribution is -0.145. The van der Waals surface area contributed by atoms with Crippen LogP contribution >= 0.6 is 11.8 Å². The highest BCUT2D eigenvalue weighted by Gasteiger charge is 2.34. The van der Waals surface area contributed by atoms with Gasteiger partial charge in [-0.1, -0.05) is 54.6 Å². The summed E-state index contributed by atoms with van der Waals surface area (Å²) in [6.07, 6.45) is 0.218. The Labute approximate surface area is 139 Å². The number of nitrogens with zero attached hydrogens (tertiary/aromatic N) is 1. The number of hydrogen-bond acceptors (Lipinski definition) is 3. The highest BCUT2D eigenvalue weighted by Crippen LogP contribution is 2.27. The molecule has 1 aliphatic rings. The minimum atomic E-state index is -0.947. The van der Waals surface area contributed by atoms with E-state index in [2.05, 4.69) is 0 Å². The first-order valence-electron chi connectivity index (χ1n) is 7.44. The fourth-order valence-corrected chi connectivity index (χ4v) is 3.84. The molecule has 1 saturated heterocycles. The fourth-order valence-electron chi connectivity index (χ4n) is 2.77. The second kappa shape index (κ2) is 6.87. The van der Waals surface area contributed by atoms with Crippen molar-refractivity contribution in [3.63, 3.8) is 0 Å². The molecule has 0 saturated carbocycles. The summed E-state index contributed by atoms with van der Waals surface area (Å²) in [5.41, 5.74) is 2.99. The summed E-state index contributed by atoms with van der Waals surface area (Å²) in [5.74, 6) is -0.411. The maximum atomic E-state index is 12.6. The van der Waals surface area contributed by atoms with Crippen LogP contribution in [0.4, 0.5) is 0 Å². The Morgan fingerprint density at radius 2 is 1.78 bits per heavy atom. The molecule has 0 radical (unpaired) electrons. The summed E-state index contributed by atoms with van der Waals surface area (Å²) < 4.78 is 0. The summed E-state index contributed by atoms with van der Waals surface area (Å²) in [7, 11) is 0. The van der Waals surface area contributed by atoms with E-state index in [4.69, 9.17) is 0 Å². The van der Waals surface area contributed by atoms with Gasteiger partial charge in [-0.2, -0.15) is 0 Å². The number of benzene rings is 2. The van der Waals surface area contributed by atoms with Crippen molar-refractivity contribution < 1.29 is 14.7 Å². The summed E-state index contributed by atoms with van der Waals surface area (Å²) in [6, 6.07) is 17.7. The molecule has 2 aromatic carbocycles. The quantitative estimate of drug-likeness (QED) is 0.938. The Bertz CT molecular complexity index is 717. The topological polar surface area (TPSA) is 57.6 Å². The number of amides is 1. The largest absolute Gasteiger partial charge is 0.479 e. The number of thioether (sulfide) groups is 1. The van der Waals surface area contributed by atoms with Crippen LogP contribution in [0.3, 0.4) is 0 Å². The Hall–Kier alpha value is -2.27. The third-order valence-corrected chi connectivity index (χ3v) is 5.06. The maximum Gasteiger partial charge on any atom is 0.337 e. The first-order valence-corrected chi connectivity index (χ1v) is 8.49. The zero-order chi connectivity index (χ0) is 16.2. The van der Waals surface area contributed by atoms with Gasteiger partial charge in [-0.05, 0) is 16.7 Å². The van der Waals surface area contributed by atoms with Gasteiger partial charge in [-0.25, -0.2) is 4.79 Å². The van der Waals surface area contributed by atoms with E-state index in [1.165, 1.54) is 16.7 Å². The highest BCUT2D eigenvalue weighted by molar-refractivity contribution is 8.00. The summed E-state index contributed by atoms with van der Waals surface area (Å²) in [5, 5.41) is 8.46. The molecule has 23 heavy (non-hydrogen) atoms. The van der Waals surface area contributed by atoms with Gasteiger partial charge in [-0.3, -0.25) is 4.79 Å². The van der Waals surface area contributed by atoms with Gasteiger partial charge in [0, 0.05) is 12.3 Å².